The molecule has 0 aliphatic heterocycles. The van der Waals surface area contributed by atoms with Gasteiger partial charge in [-0.1, -0.05) is 19.4 Å². The van der Waals surface area contributed by atoms with E-state index in [0.29, 0.717) is 12.1 Å². The molecule has 0 bridgehead atoms. The lowest BCUT2D eigenvalue weighted by molar-refractivity contribution is -0.142. The van der Waals surface area contributed by atoms with Gasteiger partial charge in [-0.25, -0.2) is 4.79 Å². The Morgan fingerprint density at radius 2 is 2.25 bits per heavy atom. The normalized spacial score (nSPS) is 12.2. The molecule has 0 heterocycles. The molecule has 4 nitrogen and oxygen atoms in total. The molecule has 0 spiro atoms. The molecule has 16 heavy (non-hydrogen) atoms. The molecular formula is C12H20N2O2. The predicted molar refractivity (Wildman–Crippen MR) is 63.1 cm³/mol. The number of unbranched alkanes of at least 4 members (excludes halogenated alkanes) is 1. The molecule has 0 aromatic rings. The van der Waals surface area contributed by atoms with Gasteiger partial charge in [0.2, 0.25) is 0 Å². The number of carbonyl (C=O) groups is 1. The maximum atomic E-state index is 11.1. The Labute approximate surface area is 96.9 Å². The van der Waals surface area contributed by atoms with E-state index in [1.54, 1.807) is 19.9 Å². The van der Waals surface area contributed by atoms with E-state index in [2.05, 4.69) is 11.7 Å². The lowest BCUT2D eigenvalue weighted by atomic mass is 10.1. The van der Waals surface area contributed by atoms with Gasteiger partial charge in [0.15, 0.2) is 0 Å². The van der Waals surface area contributed by atoms with Crippen molar-refractivity contribution in [3.63, 3.8) is 0 Å². The maximum Gasteiger partial charge on any atom is 0.330 e. The standard InChI is InChI=1S/C12H20N2O2/c1-4-6-8-11(14-13)9-10(3)16-12(15)7-5-2/h5,7,10H,4,6,8-9H2,1-3H3/b7-5+. The van der Waals surface area contributed by atoms with Gasteiger partial charge in [-0.05, 0) is 20.3 Å². The summed E-state index contributed by atoms with van der Waals surface area (Å²) in [6, 6.07) is 0. The maximum absolute atomic E-state index is 11.1. The number of ether oxygens (including phenoxy) is 1. The highest BCUT2D eigenvalue weighted by Crippen LogP contribution is 2.05. The lowest BCUT2D eigenvalue weighted by Gasteiger charge is -2.08. The van der Waals surface area contributed by atoms with Crippen molar-refractivity contribution in [3.05, 3.63) is 17.7 Å². The van der Waals surface area contributed by atoms with Crippen LogP contribution in [0.25, 0.3) is 5.53 Å². The molecule has 0 aliphatic rings. The molecule has 0 aliphatic carbocycles. The highest BCUT2D eigenvalue weighted by atomic mass is 16.5. The summed E-state index contributed by atoms with van der Waals surface area (Å²) >= 11 is 0. The molecule has 0 saturated carbocycles. The lowest BCUT2D eigenvalue weighted by Crippen LogP contribution is -2.18. The fraction of sp³-hybridized carbons (Fsp3) is 0.667. The van der Waals surface area contributed by atoms with Crippen molar-refractivity contribution in [1.29, 1.82) is 0 Å². The molecule has 4 heteroatoms. The molecule has 0 aromatic carbocycles. The topological polar surface area (TPSA) is 62.7 Å². The van der Waals surface area contributed by atoms with Gasteiger partial charge in [0.1, 0.15) is 6.10 Å². The van der Waals surface area contributed by atoms with Crippen LogP contribution in [0.2, 0.25) is 0 Å². The first-order valence-corrected chi connectivity index (χ1v) is 5.67. The summed E-state index contributed by atoms with van der Waals surface area (Å²) in [7, 11) is 0. The summed E-state index contributed by atoms with van der Waals surface area (Å²) in [6.07, 6.45) is 6.01. The van der Waals surface area contributed by atoms with Crippen molar-refractivity contribution < 1.29 is 14.3 Å². The van der Waals surface area contributed by atoms with E-state index in [1.165, 1.54) is 6.08 Å². The fourth-order valence-electron chi connectivity index (χ4n) is 1.32. The zero-order valence-electron chi connectivity index (χ0n) is 10.3. The van der Waals surface area contributed by atoms with Crippen LogP contribution < -0.4 is 0 Å². The van der Waals surface area contributed by atoms with Crippen LogP contribution in [0.5, 0.6) is 0 Å². The third-order valence-corrected chi connectivity index (χ3v) is 2.10. The minimum Gasteiger partial charge on any atom is -0.459 e. The average molecular weight is 224 g/mol. The van der Waals surface area contributed by atoms with E-state index in [9.17, 15) is 4.79 Å². The molecule has 0 N–H and O–H groups in total. The third-order valence-electron chi connectivity index (χ3n) is 2.10. The van der Waals surface area contributed by atoms with Gasteiger partial charge >= 0.3 is 5.97 Å². The Hall–Kier alpha value is -1.41. The Morgan fingerprint density at radius 3 is 2.75 bits per heavy atom. The second-order valence-electron chi connectivity index (χ2n) is 3.72. The largest absolute Gasteiger partial charge is 0.459 e. The number of hydrogen-bond acceptors (Lipinski definition) is 2. The first kappa shape index (κ1) is 14.6. The number of allylic oxidation sites excluding steroid dienone is 1. The smallest absolute Gasteiger partial charge is 0.330 e. The van der Waals surface area contributed by atoms with Gasteiger partial charge in [-0.15, -0.1) is 0 Å². The summed E-state index contributed by atoms with van der Waals surface area (Å²) in [6.45, 7) is 5.62. The van der Waals surface area contributed by atoms with Crippen molar-refractivity contribution >= 4 is 11.7 Å². The minimum atomic E-state index is -0.359. The van der Waals surface area contributed by atoms with Gasteiger partial charge in [-0.2, -0.15) is 4.79 Å². The molecule has 1 atom stereocenters. The van der Waals surface area contributed by atoms with Gasteiger partial charge in [0.25, 0.3) is 5.71 Å². The van der Waals surface area contributed by atoms with Crippen molar-refractivity contribution in [1.82, 2.24) is 0 Å². The molecule has 1 unspecified atom stereocenters. The quantitative estimate of drug-likeness (QED) is 0.219. The first-order chi connectivity index (χ1) is 7.63. The second-order valence-corrected chi connectivity index (χ2v) is 3.72. The van der Waals surface area contributed by atoms with Crippen LogP contribution in [0.4, 0.5) is 0 Å². The highest BCUT2D eigenvalue weighted by molar-refractivity contribution is 5.83. The Balaban J connectivity index is 4.06. The van der Waals surface area contributed by atoms with E-state index in [0.717, 1.165) is 19.3 Å². The zero-order chi connectivity index (χ0) is 12.4. The third kappa shape index (κ3) is 6.96. The molecule has 0 radical (unpaired) electrons. The molecule has 0 rings (SSSR count). The van der Waals surface area contributed by atoms with Crippen LogP contribution in [0.15, 0.2) is 12.2 Å². The Bertz CT molecular complexity index is 291. The van der Waals surface area contributed by atoms with Crippen LogP contribution in [0.1, 0.15) is 46.5 Å². The van der Waals surface area contributed by atoms with Gasteiger partial charge in [-0.3, -0.25) is 0 Å². The number of rotatable bonds is 7. The van der Waals surface area contributed by atoms with Crippen LogP contribution >= 0.6 is 0 Å². The Morgan fingerprint density at radius 1 is 1.56 bits per heavy atom. The van der Waals surface area contributed by atoms with Crippen LogP contribution in [-0.2, 0) is 9.53 Å². The summed E-state index contributed by atoms with van der Waals surface area (Å²) in [4.78, 5) is 14.4. The zero-order valence-corrected chi connectivity index (χ0v) is 10.3. The van der Waals surface area contributed by atoms with Crippen LogP contribution in [0, 0.1) is 0 Å². The van der Waals surface area contributed by atoms with Crippen molar-refractivity contribution in [2.45, 2.75) is 52.6 Å². The first-order valence-electron chi connectivity index (χ1n) is 5.67. The van der Waals surface area contributed by atoms with E-state index in [-0.39, 0.29) is 12.1 Å². The van der Waals surface area contributed by atoms with E-state index in [4.69, 9.17) is 10.3 Å². The highest BCUT2D eigenvalue weighted by Gasteiger charge is 2.15. The monoisotopic (exact) mass is 224 g/mol. The Kier molecular flexibility index (Phi) is 8.08. The van der Waals surface area contributed by atoms with Crippen molar-refractivity contribution in [2.75, 3.05) is 0 Å². The van der Waals surface area contributed by atoms with Crippen molar-refractivity contribution in [2.24, 2.45) is 0 Å². The van der Waals surface area contributed by atoms with E-state index >= 15 is 0 Å². The number of hydrogen-bond donors (Lipinski definition) is 0. The van der Waals surface area contributed by atoms with Gasteiger partial charge < -0.3 is 10.3 Å². The number of carbonyl (C=O) groups excluding carboxylic acids is 1. The molecule has 0 amide bonds. The van der Waals surface area contributed by atoms with E-state index < -0.39 is 0 Å². The summed E-state index contributed by atoms with van der Waals surface area (Å²) in [5, 5.41) is 0. The van der Waals surface area contributed by atoms with Crippen LogP contribution in [-0.4, -0.2) is 22.6 Å². The number of nitrogens with zero attached hydrogens (tertiary/aromatic N) is 2. The molecule has 0 aromatic heterocycles. The van der Waals surface area contributed by atoms with E-state index in [1.807, 2.05) is 0 Å². The summed E-state index contributed by atoms with van der Waals surface area (Å²) in [5.74, 6) is -0.359. The summed E-state index contributed by atoms with van der Waals surface area (Å²) < 4.78 is 5.09. The SMILES string of the molecule is C/C=C/C(=O)OC(C)CC(CCCC)=[N+]=[N-]. The molecule has 0 saturated heterocycles. The summed E-state index contributed by atoms with van der Waals surface area (Å²) in [5.41, 5.74) is 9.46. The van der Waals surface area contributed by atoms with Gasteiger partial charge in [0.05, 0.1) is 6.42 Å². The second kappa shape index (κ2) is 8.86. The molecular weight excluding hydrogens is 204 g/mol. The van der Waals surface area contributed by atoms with Crippen LogP contribution in [0.3, 0.4) is 0 Å². The van der Waals surface area contributed by atoms with Crippen molar-refractivity contribution in [3.8, 4) is 0 Å². The number of esters is 1. The molecule has 90 valence electrons. The fourth-order valence-corrected chi connectivity index (χ4v) is 1.32. The minimum absolute atomic E-state index is 0.258. The average Bonchev–Trinajstić information content (AvgIpc) is 2.24. The predicted octanol–water partition coefficient (Wildman–Crippen LogP) is 2.75. The van der Waals surface area contributed by atoms with Gasteiger partial charge in [0, 0.05) is 12.5 Å². The molecule has 0 fully saturated rings.